The minimum Gasteiger partial charge on any atom is -0.345 e. The lowest BCUT2D eigenvalue weighted by Gasteiger charge is -2.12. The van der Waals surface area contributed by atoms with Gasteiger partial charge in [0.1, 0.15) is 0 Å². The summed E-state index contributed by atoms with van der Waals surface area (Å²) in [6.45, 7) is 0.154. The molecular formula is C18H17F3N6OS. The van der Waals surface area contributed by atoms with Crippen molar-refractivity contribution >= 4 is 18.1 Å². The lowest BCUT2D eigenvalue weighted by Crippen LogP contribution is -2.25. The Labute approximate surface area is 168 Å². The van der Waals surface area contributed by atoms with Crippen molar-refractivity contribution in [1.29, 1.82) is 0 Å². The molecule has 2 aromatic heterocycles. The van der Waals surface area contributed by atoms with Gasteiger partial charge in [-0.15, -0.1) is 0 Å². The fourth-order valence-corrected chi connectivity index (χ4v) is 3.25. The number of nitrogens with zero attached hydrogens (tertiary/aromatic N) is 4. The lowest BCUT2D eigenvalue weighted by atomic mass is 10.1. The number of benzene rings is 1. The van der Waals surface area contributed by atoms with Crippen molar-refractivity contribution in [3.63, 3.8) is 0 Å². The molecule has 4 rings (SSSR count). The van der Waals surface area contributed by atoms with Crippen molar-refractivity contribution in [2.45, 2.75) is 31.5 Å². The van der Waals surface area contributed by atoms with Crippen molar-refractivity contribution in [2.75, 3.05) is 0 Å². The predicted molar refractivity (Wildman–Crippen MR) is 100 cm³/mol. The van der Waals surface area contributed by atoms with Crippen LogP contribution in [0, 0.1) is 4.77 Å². The van der Waals surface area contributed by atoms with Crippen LogP contribution in [0.1, 0.15) is 46.2 Å². The van der Waals surface area contributed by atoms with Gasteiger partial charge in [0.15, 0.2) is 10.6 Å². The van der Waals surface area contributed by atoms with Crippen molar-refractivity contribution in [3.05, 3.63) is 57.9 Å². The summed E-state index contributed by atoms with van der Waals surface area (Å²) in [7, 11) is 1.73. The van der Waals surface area contributed by atoms with Crippen molar-refractivity contribution in [2.24, 2.45) is 7.05 Å². The zero-order chi connectivity index (χ0) is 20.8. The van der Waals surface area contributed by atoms with E-state index in [0.29, 0.717) is 21.9 Å². The third-order valence-corrected chi connectivity index (χ3v) is 5.18. The Morgan fingerprint density at radius 3 is 2.76 bits per heavy atom. The fourth-order valence-electron chi connectivity index (χ4n) is 3.09. The molecule has 1 saturated carbocycles. The van der Waals surface area contributed by atoms with Gasteiger partial charge in [-0.05, 0) is 43.3 Å². The zero-order valence-electron chi connectivity index (χ0n) is 15.3. The van der Waals surface area contributed by atoms with Gasteiger partial charge in [-0.1, -0.05) is 6.07 Å². The molecule has 0 bridgehead atoms. The molecule has 152 valence electrons. The maximum Gasteiger partial charge on any atom is 0.416 e. The van der Waals surface area contributed by atoms with Crippen LogP contribution in [0.15, 0.2) is 30.5 Å². The van der Waals surface area contributed by atoms with Crippen LogP contribution < -0.4 is 5.32 Å². The van der Waals surface area contributed by atoms with Gasteiger partial charge in [-0.2, -0.15) is 23.4 Å². The van der Waals surface area contributed by atoms with Crippen LogP contribution >= 0.6 is 12.2 Å². The highest BCUT2D eigenvalue weighted by Crippen LogP contribution is 2.42. The van der Waals surface area contributed by atoms with Gasteiger partial charge < -0.3 is 9.88 Å². The van der Waals surface area contributed by atoms with Crippen LogP contribution in [-0.2, 0) is 19.8 Å². The number of hydrogen-bond donors (Lipinski definition) is 2. The first-order chi connectivity index (χ1) is 13.8. The molecule has 0 saturated heterocycles. The SMILES string of the molecule is Cn1c(CNC(=O)c2cnn(-c3cccc(C(F)(F)F)c3)c2C2CC2)n[nH]c1=S. The maximum atomic E-state index is 13.1. The Hall–Kier alpha value is -2.95. The van der Waals surface area contributed by atoms with E-state index in [1.165, 1.54) is 16.9 Å². The van der Waals surface area contributed by atoms with Gasteiger partial charge in [0.2, 0.25) is 0 Å². The van der Waals surface area contributed by atoms with Crippen molar-refractivity contribution in [1.82, 2.24) is 29.9 Å². The van der Waals surface area contributed by atoms with E-state index in [0.717, 1.165) is 25.0 Å². The zero-order valence-corrected chi connectivity index (χ0v) is 16.1. The van der Waals surface area contributed by atoms with Crippen LogP contribution in [0.3, 0.4) is 0 Å². The standard InChI is InChI=1S/C18H17F3N6OS/c1-26-14(24-25-17(26)29)9-22-16(28)13-8-23-27(15(13)10-5-6-10)12-4-2-3-11(7-12)18(19,20)21/h2-4,7-8,10H,5-6,9H2,1H3,(H,22,28)(H,25,29). The number of halogens is 3. The molecule has 11 heteroatoms. The summed E-state index contributed by atoms with van der Waals surface area (Å²) >= 11 is 5.04. The second-order valence-electron chi connectivity index (χ2n) is 6.86. The van der Waals surface area contributed by atoms with E-state index in [9.17, 15) is 18.0 Å². The van der Waals surface area contributed by atoms with E-state index in [1.807, 2.05) is 0 Å². The number of aromatic nitrogens is 5. The maximum absolute atomic E-state index is 13.1. The second-order valence-corrected chi connectivity index (χ2v) is 7.25. The molecular weight excluding hydrogens is 405 g/mol. The molecule has 3 aromatic rings. The van der Waals surface area contributed by atoms with Gasteiger partial charge in [0.05, 0.1) is 35.2 Å². The molecule has 1 amide bonds. The number of H-pyrrole nitrogens is 1. The number of hydrogen-bond acceptors (Lipinski definition) is 4. The first-order valence-electron chi connectivity index (χ1n) is 8.89. The summed E-state index contributed by atoms with van der Waals surface area (Å²) in [5.74, 6) is 0.286. The molecule has 1 aromatic carbocycles. The number of aromatic amines is 1. The topological polar surface area (TPSA) is 80.5 Å². The summed E-state index contributed by atoms with van der Waals surface area (Å²) in [4.78, 5) is 12.7. The molecule has 29 heavy (non-hydrogen) atoms. The number of carbonyl (C=O) groups is 1. The third kappa shape index (κ3) is 3.82. The molecule has 1 aliphatic carbocycles. The van der Waals surface area contributed by atoms with Crippen molar-refractivity contribution < 1.29 is 18.0 Å². The normalized spacial score (nSPS) is 14.2. The first-order valence-corrected chi connectivity index (χ1v) is 9.30. The fraction of sp³-hybridized carbons (Fsp3) is 0.333. The third-order valence-electron chi connectivity index (χ3n) is 4.81. The van der Waals surface area contributed by atoms with Crippen LogP contribution in [0.25, 0.3) is 5.69 Å². The quantitative estimate of drug-likeness (QED) is 0.617. The molecule has 7 nitrogen and oxygen atoms in total. The molecule has 0 spiro atoms. The average molecular weight is 422 g/mol. The highest BCUT2D eigenvalue weighted by atomic mass is 32.1. The Bertz CT molecular complexity index is 1130. The minimum atomic E-state index is -4.45. The van der Waals surface area contributed by atoms with Crippen LogP contribution in [0.4, 0.5) is 13.2 Å². The number of rotatable bonds is 5. The summed E-state index contributed by atoms with van der Waals surface area (Å²) in [6.07, 6.45) is -1.34. The van der Waals surface area contributed by atoms with E-state index in [-0.39, 0.29) is 24.1 Å². The van der Waals surface area contributed by atoms with E-state index >= 15 is 0 Å². The Morgan fingerprint density at radius 2 is 2.14 bits per heavy atom. The molecule has 0 atom stereocenters. The van der Waals surface area contributed by atoms with Gasteiger partial charge in [-0.3, -0.25) is 9.89 Å². The molecule has 0 unspecified atom stereocenters. The molecule has 2 N–H and O–H groups in total. The lowest BCUT2D eigenvalue weighted by molar-refractivity contribution is -0.137. The highest BCUT2D eigenvalue weighted by molar-refractivity contribution is 7.71. The molecule has 0 aliphatic heterocycles. The highest BCUT2D eigenvalue weighted by Gasteiger charge is 2.34. The van der Waals surface area contributed by atoms with E-state index in [1.54, 1.807) is 17.7 Å². The van der Waals surface area contributed by atoms with Crippen LogP contribution in [0.5, 0.6) is 0 Å². The Morgan fingerprint density at radius 1 is 1.38 bits per heavy atom. The molecule has 0 radical (unpaired) electrons. The van der Waals surface area contributed by atoms with Gasteiger partial charge in [0, 0.05) is 13.0 Å². The summed E-state index contributed by atoms with van der Waals surface area (Å²) in [6, 6.07) is 4.93. The number of carbonyl (C=O) groups excluding carboxylic acids is 1. The second kappa shape index (κ2) is 7.14. The number of amides is 1. The smallest absolute Gasteiger partial charge is 0.345 e. The monoisotopic (exact) mass is 422 g/mol. The van der Waals surface area contributed by atoms with E-state index in [4.69, 9.17) is 12.2 Å². The Balaban J connectivity index is 1.63. The van der Waals surface area contributed by atoms with Crippen LogP contribution in [-0.4, -0.2) is 30.5 Å². The van der Waals surface area contributed by atoms with E-state index < -0.39 is 11.7 Å². The predicted octanol–water partition coefficient (Wildman–Crippen LogP) is 3.49. The molecule has 2 heterocycles. The largest absolute Gasteiger partial charge is 0.416 e. The molecule has 1 fully saturated rings. The van der Waals surface area contributed by atoms with Crippen LogP contribution in [0.2, 0.25) is 0 Å². The first kappa shape index (κ1) is 19.4. The minimum absolute atomic E-state index is 0.0912. The van der Waals surface area contributed by atoms with Gasteiger partial charge >= 0.3 is 6.18 Å². The summed E-state index contributed by atoms with van der Waals surface area (Å²) in [5.41, 5.74) is 0.484. The summed E-state index contributed by atoms with van der Waals surface area (Å²) < 4.78 is 42.7. The van der Waals surface area contributed by atoms with Gasteiger partial charge in [-0.25, -0.2) is 4.68 Å². The average Bonchev–Trinajstić information content (AvgIpc) is 3.35. The van der Waals surface area contributed by atoms with Crippen molar-refractivity contribution in [3.8, 4) is 5.69 Å². The summed E-state index contributed by atoms with van der Waals surface area (Å²) in [5, 5.41) is 13.7. The van der Waals surface area contributed by atoms with Gasteiger partial charge in [0.25, 0.3) is 5.91 Å². The number of nitrogens with one attached hydrogen (secondary N) is 2. The number of alkyl halides is 3. The van der Waals surface area contributed by atoms with E-state index in [2.05, 4.69) is 20.6 Å². The Kier molecular flexibility index (Phi) is 4.77. The molecule has 1 aliphatic rings.